The number of nitrogens with one attached hydrogen (secondary N) is 2. The highest BCUT2D eigenvalue weighted by molar-refractivity contribution is 8.14. The van der Waals surface area contributed by atoms with Gasteiger partial charge < -0.3 is 4.74 Å². The summed E-state index contributed by atoms with van der Waals surface area (Å²) in [5.74, 6) is -1.64. The maximum Gasteiger partial charge on any atom is 0.325 e. The molecule has 1 amide bonds. The topological polar surface area (TPSA) is 84.5 Å². The van der Waals surface area contributed by atoms with E-state index in [1.54, 1.807) is 44.2 Å². The summed E-state index contributed by atoms with van der Waals surface area (Å²) in [6.45, 7) is 9.29. The van der Waals surface area contributed by atoms with Crippen LogP contribution in [0.5, 0.6) is 0 Å². The molecule has 0 unspecified atom stereocenters. The molecule has 0 saturated carbocycles. The lowest BCUT2D eigenvalue weighted by Crippen LogP contribution is -2.53. The molecule has 7 heteroatoms. The summed E-state index contributed by atoms with van der Waals surface area (Å²) in [7, 11) is 0. The standard InChI is InChI=1S/C18H26N2O4S/c1-6-24-16(22)14(12(2)17(23)25-18(3,4)5)19-20-15(21)13-10-8-7-9-11-13/h7-12,14,19H,6H2,1-5H3,(H,20,21)/t12-,14+/m0/s1. The summed E-state index contributed by atoms with van der Waals surface area (Å²) in [6, 6.07) is 7.62. The number of hydrazine groups is 1. The molecule has 6 nitrogen and oxygen atoms in total. The first-order valence-electron chi connectivity index (χ1n) is 8.16. The van der Waals surface area contributed by atoms with E-state index < -0.39 is 23.8 Å². The van der Waals surface area contributed by atoms with Gasteiger partial charge in [0.05, 0.1) is 12.5 Å². The molecule has 0 saturated heterocycles. The first kappa shape index (κ1) is 21.2. The average Bonchev–Trinajstić information content (AvgIpc) is 2.54. The third kappa shape index (κ3) is 7.27. The average molecular weight is 366 g/mol. The maximum atomic E-state index is 12.4. The van der Waals surface area contributed by atoms with Crippen LogP contribution in [-0.2, 0) is 14.3 Å². The van der Waals surface area contributed by atoms with Crippen LogP contribution < -0.4 is 10.9 Å². The summed E-state index contributed by atoms with van der Waals surface area (Å²) in [4.78, 5) is 36.8. The number of ether oxygens (including phenoxy) is 1. The summed E-state index contributed by atoms with van der Waals surface area (Å²) >= 11 is 1.16. The summed E-state index contributed by atoms with van der Waals surface area (Å²) in [6.07, 6.45) is 0. The Hall–Kier alpha value is -1.86. The Balaban J connectivity index is 2.81. The van der Waals surface area contributed by atoms with E-state index in [1.165, 1.54) is 0 Å². The Kier molecular flexibility index (Phi) is 8.12. The molecular formula is C18H26N2O4S. The number of hydrogen-bond acceptors (Lipinski definition) is 6. The fourth-order valence-electron chi connectivity index (χ4n) is 1.96. The van der Waals surface area contributed by atoms with Crippen LogP contribution in [0.3, 0.4) is 0 Å². The van der Waals surface area contributed by atoms with Crippen molar-refractivity contribution >= 4 is 28.8 Å². The van der Waals surface area contributed by atoms with Crippen LogP contribution in [0.15, 0.2) is 30.3 Å². The van der Waals surface area contributed by atoms with E-state index >= 15 is 0 Å². The number of carbonyl (C=O) groups excluding carboxylic acids is 3. The first-order chi connectivity index (χ1) is 11.7. The van der Waals surface area contributed by atoms with Gasteiger partial charge in [0, 0.05) is 10.3 Å². The maximum absolute atomic E-state index is 12.4. The quantitative estimate of drug-likeness (QED) is 0.570. The van der Waals surface area contributed by atoms with E-state index in [-0.39, 0.29) is 16.5 Å². The van der Waals surface area contributed by atoms with Crippen molar-refractivity contribution in [2.75, 3.05) is 6.61 Å². The van der Waals surface area contributed by atoms with Crippen molar-refractivity contribution in [1.82, 2.24) is 10.9 Å². The van der Waals surface area contributed by atoms with Gasteiger partial charge in [-0.3, -0.25) is 19.8 Å². The zero-order valence-electron chi connectivity index (χ0n) is 15.3. The van der Waals surface area contributed by atoms with Crippen LogP contribution in [0.1, 0.15) is 45.0 Å². The van der Waals surface area contributed by atoms with E-state index in [0.29, 0.717) is 5.56 Å². The minimum atomic E-state index is -0.963. The first-order valence-corrected chi connectivity index (χ1v) is 8.97. The van der Waals surface area contributed by atoms with Crippen LogP contribution in [0.2, 0.25) is 0 Å². The fraction of sp³-hybridized carbons (Fsp3) is 0.500. The molecule has 0 radical (unpaired) electrons. The van der Waals surface area contributed by atoms with Gasteiger partial charge in [0.25, 0.3) is 5.91 Å². The van der Waals surface area contributed by atoms with Gasteiger partial charge in [-0.05, 0) is 19.1 Å². The van der Waals surface area contributed by atoms with E-state index in [4.69, 9.17) is 4.74 Å². The van der Waals surface area contributed by atoms with Crippen molar-refractivity contribution in [3.8, 4) is 0 Å². The van der Waals surface area contributed by atoms with Crippen molar-refractivity contribution in [1.29, 1.82) is 0 Å². The molecule has 0 aliphatic carbocycles. The Labute approximate surface area is 153 Å². The Morgan fingerprint density at radius 2 is 1.76 bits per heavy atom. The van der Waals surface area contributed by atoms with Crippen molar-refractivity contribution in [3.05, 3.63) is 35.9 Å². The number of rotatable bonds is 7. The molecule has 0 aromatic heterocycles. The van der Waals surface area contributed by atoms with Gasteiger partial charge >= 0.3 is 5.97 Å². The summed E-state index contributed by atoms with van der Waals surface area (Å²) in [5, 5.41) is -0.146. The second-order valence-corrected chi connectivity index (χ2v) is 8.35. The molecular weight excluding hydrogens is 340 g/mol. The minimum absolute atomic E-state index is 0.146. The predicted molar refractivity (Wildman–Crippen MR) is 99.0 cm³/mol. The van der Waals surface area contributed by atoms with Crippen LogP contribution in [0.25, 0.3) is 0 Å². The van der Waals surface area contributed by atoms with Gasteiger partial charge in [0.2, 0.25) is 0 Å². The molecule has 0 aliphatic rings. The molecule has 0 heterocycles. The van der Waals surface area contributed by atoms with Crippen molar-refractivity contribution in [2.24, 2.45) is 5.92 Å². The van der Waals surface area contributed by atoms with Crippen molar-refractivity contribution in [2.45, 2.75) is 45.4 Å². The van der Waals surface area contributed by atoms with Gasteiger partial charge in [0.15, 0.2) is 5.12 Å². The predicted octanol–water partition coefficient (Wildman–Crippen LogP) is 2.55. The molecule has 25 heavy (non-hydrogen) atoms. The van der Waals surface area contributed by atoms with E-state index in [1.807, 2.05) is 20.8 Å². The third-order valence-corrected chi connectivity index (χ3v) is 4.38. The SMILES string of the molecule is CCOC(=O)[C@H](NNC(=O)c1ccccc1)[C@H](C)C(=O)SC(C)(C)C. The van der Waals surface area contributed by atoms with E-state index in [9.17, 15) is 14.4 Å². The Morgan fingerprint density at radius 3 is 2.28 bits per heavy atom. The molecule has 0 bridgehead atoms. The zero-order chi connectivity index (χ0) is 19.0. The van der Waals surface area contributed by atoms with Crippen molar-refractivity contribution < 1.29 is 19.1 Å². The van der Waals surface area contributed by atoms with Gasteiger partial charge in [-0.25, -0.2) is 5.43 Å². The van der Waals surface area contributed by atoms with E-state index in [2.05, 4.69) is 10.9 Å². The van der Waals surface area contributed by atoms with Gasteiger partial charge in [-0.2, -0.15) is 0 Å². The molecule has 1 rings (SSSR count). The molecule has 1 aromatic carbocycles. The number of carbonyl (C=O) groups is 3. The highest BCUT2D eigenvalue weighted by atomic mass is 32.2. The van der Waals surface area contributed by atoms with Crippen LogP contribution in [-0.4, -0.2) is 34.4 Å². The highest BCUT2D eigenvalue weighted by Crippen LogP contribution is 2.28. The molecule has 138 valence electrons. The molecule has 2 atom stereocenters. The largest absolute Gasteiger partial charge is 0.465 e. The second kappa shape index (κ2) is 9.58. The lowest BCUT2D eigenvalue weighted by atomic mass is 10.0. The van der Waals surface area contributed by atoms with E-state index in [0.717, 1.165) is 11.8 Å². The Morgan fingerprint density at radius 1 is 1.16 bits per heavy atom. The number of amides is 1. The molecule has 2 N–H and O–H groups in total. The molecule has 0 aliphatic heterocycles. The number of thioether (sulfide) groups is 1. The third-order valence-electron chi connectivity index (χ3n) is 3.20. The molecule has 1 aromatic rings. The highest BCUT2D eigenvalue weighted by Gasteiger charge is 2.34. The lowest BCUT2D eigenvalue weighted by Gasteiger charge is -2.25. The number of hydrogen-bond donors (Lipinski definition) is 2. The normalized spacial score (nSPS) is 13.6. The van der Waals surface area contributed by atoms with Crippen LogP contribution >= 0.6 is 11.8 Å². The zero-order valence-corrected chi connectivity index (χ0v) is 16.1. The lowest BCUT2D eigenvalue weighted by molar-refractivity contribution is -0.148. The van der Waals surface area contributed by atoms with Gasteiger partial charge in [0.1, 0.15) is 6.04 Å². The Bertz CT molecular complexity index is 599. The summed E-state index contributed by atoms with van der Waals surface area (Å²) < 4.78 is 4.76. The monoisotopic (exact) mass is 366 g/mol. The molecule has 0 fully saturated rings. The number of benzene rings is 1. The van der Waals surface area contributed by atoms with Crippen LogP contribution in [0, 0.1) is 5.92 Å². The van der Waals surface area contributed by atoms with Gasteiger partial charge in [-0.1, -0.05) is 57.7 Å². The minimum Gasteiger partial charge on any atom is -0.465 e. The summed E-state index contributed by atoms with van der Waals surface area (Å²) in [5.41, 5.74) is 5.59. The fourth-order valence-corrected chi connectivity index (χ4v) is 2.88. The van der Waals surface area contributed by atoms with Crippen molar-refractivity contribution in [3.63, 3.8) is 0 Å². The smallest absolute Gasteiger partial charge is 0.325 e. The molecule has 0 spiro atoms. The van der Waals surface area contributed by atoms with Crippen LogP contribution in [0.4, 0.5) is 0 Å². The van der Waals surface area contributed by atoms with Gasteiger partial charge in [-0.15, -0.1) is 0 Å². The number of esters is 1. The second-order valence-electron chi connectivity index (χ2n) is 6.52.